The van der Waals surface area contributed by atoms with Crippen molar-refractivity contribution in [3.63, 3.8) is 0 Å². The summed E-state index contributed by atoms with van der Waals surface area (Å²) in [5.74, 6) is 0.202. The Balaban J connectivity index is 0.00000106. The van der Waals surface area contributed by atoms with Gasteiger partial charge in [0.15, 0.2) is 0 Å². The Morgan fingerprint density at radius 1 is 1.31 bits per heavy atom. The topological polar surface area (TPSA) is 43.4 Å². The third-order valence-corrected chi connectivity index (χ3v) is 2.21. The standard InChI is InChI=1S/C12H16O2.CH2O/c1-3-10(2)9-14-12(13)11-7-5-4-6-8-11;1-2/h4-8,10H,3,9H2,1-2H3;1H2. The average Bonchev–Trinajstić information content (AvgIpc) is 2.38. The number of esters is 1. The van der Waals surface area contributed by atoms with E-state index in [-0.39, 0.29) is 5.97 Å². The molecule has 0 amide bonds. The van der Waals surface area contributed by atoms with Crippen molar-refractivity contribution in [2.75, 3.05) is 6.61 Å². The van der Waals surface area contributed by atoms with Crippen LogP contribution in [0.2, 0.25) is 0 Å². The van der Waals surface area contributed by atoms with Crippen molar-refractivity contribution in [1.82, 2.24) is 0 Å². The Labute approximate surface area is 96.4 Å². The van der Waals surface area contributed by atoms with Crippen molar-refractivity contribution < 1.29 is 14.3 Å². The maximum Gasteiger partial charge on any atom is 0.338 e. The highest BCUT2D eigenvalue weighted by molar-refractivity contribution is 5.89. The van der Waals surface area contributed by atoms with Crippen molar-refractivity contribution >= 4 is 12.8 Å². The summed E-state index contributed by atoms with van der Waals surface area (Å²) < 4.78 is 5.14. The number of ether oxygens (including phenoxy) is 1. The number of carbonyl (C=O) groups excluding carboxylic acids is 2. The molecular formula is C13H18O3. The van der Waals surface area contributed by atoms with Crippen molar-refractivity contribution in [3.05, 3.63) is 35.9 Å². The van der Waals surface area contributed by atoms with Gasteiger partial charge in [0.2, 0.25) is 0 Å². The van der Waals surface area contributed by atoms with E-state index in [9.17, 15) is 4.79 Å². The molecule has 0 fully saturated rings. The van der Waals surface area contributed by atoms with Gasteiger partial charge in [-0.05, 0) is 18.1 Å². The van der Waals surface area contributed by atoms with Gasteiger partial charge in [-0.25, -0.2) is 4.79 Å². The lowest BCUT2D eigenvalue weighted by atomic mass is 10.1. The molecule has 1 rings (SSSR count). The summed E-state index contributed by atoms with van der Waals surface area (Å²) >= 11 is 0. The van der Waals surface area contributed by atoms with Gasteiger partial charge in [-0.1, -0.05) is 38.5 Å². The van der Waals surface area contributed by atoms with E-state index >= 15 is 0 Å². The molecule has 0 saturated heterocycles. The lowest BCUT2D eigenvalue weighted by Gasteiger charge is -2.09. The van der Waals surface area contributed by atoms with E-state index in [2.05, 4.69) is 13.8 Å². The third kappa shape index (κ3) is 5.29. The van der Waals surface area contributed by atoms with Gasteiger partial charge in [0.1, 0.15) is 6.79 Å². The molecule has 3 heteroatoms. The van der Waals surface area contributed by atoms with Crippen LogP contribution in [-0.2, 0) is 9.53 Å². The van der Waals surface area contributed by atoms with Gasteiger partial charge >= 0.3 is 5.97 Å². The second kappa shape index (κ2) is 8.65. The summed E-state index contributed by atoms with van der Waals surface area (Å²) in [5.41, 5.74) is 0.621. The Kier molecular flexibility index (Phi) is 7.76. The molecule has 0 aliphatic heterocycles. The molecule has 1 aromatic carbocycles. The van der Waals surface area contributed by atoms with Crippen molar-refractivity contribution in [1.29, 1.82) is 0 Å². The first kappa shape index (κ1) is 14.4. The molecule has 0 aliphatic carbocycles. The fraction of sp³-hybridized carbons (Fsp3) is 0.385. The number of benzene rings is 1. The van der Waals surface area contributed by atoms with Crippen molar-refractivity contribution in [2.45, 2.75) is 20.3 Å². The van der Waals surface area contributed by atoms with Crippen LogP contribution >= 0.6 is 0 Å². The van der Waals surface area contributed by atoms with Gasteiger partial charge in [0.05, 0.1) is 12.2 Å². The maximum absolute atomic E-state index is 11.4. The molecule has 16 heavy (non-hydrogen) atoms. The van der Waals surface area contributed by atoms with Gasteiger partial charge < -0.3 is 9.53 Å². The number of hydrogen-bond acceptors (Lipinski definition) is 3. The third-order valence-electron chi connectivity index (χ3n) is 2.21. The van der Waals surface area contributed by atoms with Crippen LogP contribution in [0.15, 0.2) is 30.3 Å². The van der Waals surface area contributed by atoms with E-state index in [4.69, 9.17) is 9.53 Å². The Bertz CT molecular complexity index is 295. The van der Waals surface area contributed by atoms with Crippen molar-refractivity contribution in [3.8, 4) is 0 Å². The molecule has 1 unspecified atom stereocenters. The van der Waals surface area contributed by atoms with Gasteiger partial charge in [0.25, 0.3) is 0 Å². The van der Waals surface area contributed by atoms with Crippen LogP contribution in [0.1, 0.15) is 30.6 Å². The summed E-state index contributed by atoms with van der Waals surface area (Å²) in [4.78, 5) is 19.4. The summed E-state index contributed by atoms with van der Waals surface area (Å²) in [6, 6.07) is 9.07. The Morgan fingerprint density at radius 3 is 2.38 bits per heavy atom. The van der Waals surface area contributed by atoms with Crippen LogP contribution in [-0.4, -0.2) is 19.4 Å². The van der Waals surface area contributed by atoms with Crippen LogP contribution in [0.25, 0.3) is 0 Å². The molecule has 0 heterocycles. The molecule has 88 valence electrons. The normalized spacial score (nSPS) is 10.9. The minimum Gasteiger partial charge on any atom is -0.462 e. The molecule has 0 spiro atoms. The first-order chi connectivity index (χ1) is 7.74. The fourth-order valence-electron chi connectivity index (χ4n) is 0.993. The smallest absolute Gasteiger partial charge is 0.338 e. The summed E-state index contributed by atoms with van der Waals surface area (Å²) in [7, 11) is 0. The zero-order chi connectivity index (χ0) is 12.4. The largest absolute Gasteiger partial charge is 0.462 e. The quantitative estimate of drug-likeness (QED) is 0.736. The molecule has 1 atom stereocenters. The van der Waals surface area contributed by atoms with Gasteiger partial charge in [0, 0.05) is 0 Å². The molecule has 0 bridgehead atoms. The van der Waals surface area contributed by atoms with Crippen molar-refractivity contribution in [2.24, 2.45) is 5.92 Å². The predicted octanol–water partition coefficient (Wildman–Crippen LogP) is 2.70. The van der Waals surface area contributed by atoms with Gasteiger partial charge in [-0.2, -0.15) is 0 Å². The molecule has 0 aliphatic rings. The summed E-state index contributed by atoms with van der Waals surface area (Å²) in [6.45, 7) is 6.66. The summed E-state index contributed by atoms with van der Waals surface area (Å²) in [5, 5.41) is 0. The van der Waals surface area contributed by atoms with E-state index in [0.717, 1.165) is 6.42 Å². The lowest BCUT2D eigenvalue weighted by molar-refractivity contribution is -0.0980. The molecule has 3 nitrogen and oxygen atoms in total. The minimum atomic E-state index is -0.231. The highest BCUT2D eigenvalue weighted by Crippen LogP contribution is 2.05. The van der Waals surface area contributed by atoms with Gasteiger partial charge in [-0.3, -0.25) is 0 Å². The first-order valence-corrected chi connectivity index (χ1v) is 5.25. The van der Waals surface area contributed by atoms with E-state index < -0.39 is 0 Å². The number of hydrogen-bond donors (Lipinski definition) is 0. The maximum atomic E-state index is 11.4. The van der Waals surface area contributed by atoms with Crippen LogP contribution in [0.5, 0.6) is 0 Å². The Morgan fingerprint density at radius 2 is 1.88 bits per heavy atom. The van der Waals surface area contributed by atoms with Crippen LogP contribution in [0, 0.1) is 5.92 Å². The number of rotatable bonds is 4. The van der Waals surface area contributed by atoms with E-state index in [1.807, 2.05) is 25.0 Å². The zero-order valence-corrected chi connectivity index (χ0v) is 9.81. The average molecular weight is 222 g/mol. The number of carbonyl (C=O) groups is 2. The predicted molar refractivity (Wildman–Crippen MR) is 63.3 cm³/mol. The molecule has 0 aromatic heterocycles. The minimum absolute atomic E-state index is 0.231. The van der Waals surface area contributed by atoms with Gasteiger partial charge in [-0.15, -0.1) is 0 Å². The fourth-order valence-corrected chi connectivity index (χ4v) is 0.993. The second-order valence-electron chi connectivity index (χ2n) is 3.48. The SMILES string of the molecule is C=O.CCC(C)COC(=O)c1ccccc1. The zero-order valence-electron chi connectivity index (χ0n) is 9.81. The molecule has 0 saturated carbocycles. The van der Waals surface area contributed by atoms with E-state index in [1.165, 1.54) is 0 Å². The van der Waals surface area contributed by atoms with E-state index in [1.54, 1.807) is 12.1 Å². The molecule has 0 N–H and O–H groups in total. The van der Waals surface area contributed by atoms with Crippen LogP contribution < -0.4 is 0 Å². The lowest BCUT2D eigenvalue weighted by Crippen LogP contribution is -2.11. The Hall–Kier alpha value is -1.64. The molecular weight excluding hydrogens is 204 g/mol. The second-order valence-corrected chi connectivity index (χ2v) is 3.48. The molecule has 1 aromatic rings. The molecule has 0 radical (unpaired) electrons. The van der Waals surface area contributed by atoms with E-state index in [0.29, 0.717) is 18.1 Å². The monoisotopic (exact) mass is 222 g/mol. The summed E-state index contributed by atoms with van der Waals surface area (Å²) in [6.07, 6.45) is 1.03. The van der Waals surface area contributed by atoms with Crippen LogP contribution in [0.4, 0.5) is 0 Å². The van der Waals surface area contributed by atoms with Crippen LogP contribution in [0.3, 0.4) is 0 Å². The highest BCUT2D eigenvalue weighted by atomic mass is 16.5. The first-order valence-electron chi connectivity index (χ1n) is 5.25. The highest BCUT2D eigenvalue weighted by Gasteiger charge is 2.07.